The number of nitrogens with zero attached hydrogens (tertiary/aromatic N) is 1. The second-order valence-corrected chi connectivity index (χ2v) is 5.22. The number of halogens is 1. The predicted octanol–water partition coefficient (Wildman–Crippen LogP) is 3.14. The number of hydrogen-bond acceptors (Lipinski definition) is 3. The van der Waals surface area contributed by atoms with Crippen molar-refractivity contribution in [2.45, 2.75) is 6.92 Å². The molecule has 0 aliphatic heterocycles. The molecule has 22 heavy (non-hydrogen) atoms. The van der Waals surface area contributed by atoms with Crippen molar-refractivity contribution >= 4 is 34.2 Å². The molecule has 5 nitrogen and oxygen atoms in total. The highest BCUT2D eigenvalue weighted by molar-refractivity contribution is 6.35. The zero-order valence-corrected chi connectivity index (χ0v) is 12.4. The summed E-state index contributed by atoms with van der Waals surface area (Å²) in [5, 5.41) is 3.45. The van der Waals surface area contributed by atoms with Gasteiger partial charge in [-0.05, 0) is 30.7 Å². The minimum Gasteiger partial charge on any atom is -0.359 e. The van der Waals surface area contributed by atoms with Crippen molar-refractivity contribution in [1.82, 2.24) is 9.97 Å². The van der Waals surface area contributed by atoms with Gasteiger partial charge in [0.25, 0.3) is 5.91 Å². The predicted molar refractivity (Wildman–Crippen MR) is 86.5 cm³/mol. The first kappa shape index (κ1) is 14.3. The number of nitrogens with one attached hydrogen (secondary N) is 2. The van der Waals surface area contributed by atoms with Crippen molar-refractivity contribution < 1.29 is 4.79 Å². The van der Waals surface area contributed by atoms with E-state index in [1.165, 1.54) is 6.20 Å². The molecule has 0 saturated carbocycles. The van der Waals surface area contributed by atoms with Gasteiger partial charge >= 0.3 is 0 Å². The van der Waals surface area contributed by atoms with Gasteiger partial charge in [0.05, 0.1) is 10.5 Å². The monoisotopic (exact) mass is 313 g/mol. The van der Waals surface area contributed by atoms with Crippen LogP contribution < -0.4 is 10.7 Å². The molecular weight excluding hydrogens is 302 g/mol. The molecule has 0 radical (unpaired) electrons. The largest absolute Gasteiger partial charge is 0.359 e. The van der Waals surface area contributed by atoms with E-state index in [0.717, 1.165) is 5.56 Å². The van der Waals surface area contributed by atoms with Crippen molar-refractivity contribution in [3.8, 4) is 0 Å². The van der Waals surface area contributed by atoms with Crippen LogP contribution in [0.25, 0.3) is 10.9 Å². The van der Waals surface area contributed by atoms with Gasteiger partial charge in [-0.3, -0.25) is 9.59 Å². The van der Waals surface area contributed by atoms with Crippen LogP contribution in [-0.4, -0.2) is 15.9 Å². The summed E-state index contributed by atoms with van der Waals surface area (Å²) in [6.45, 7) is 1.83. The highest BCUT2D eigenvalue weighted by atomic mass is 35.5. The summed E-state index contributed by atoms with van der Waals surface area (Å²) in [6, 6.07) is 8.58. The van der Waals surface area contributed by atoms with Crippen LogP contribution in [0.2, 0.25) is 5.02 Å². The van der Waals surface area contributed by atoms with E-state index in [4.69, 9.17) is 11.6 Å². The molecule has 0 aliphatic carbocycles. The van der Waals surface area contributed by atoms with Gasteiger partial charge in [-0.15, -0.1) is 0 Å². The quantitative estimate of drug-likeness (QED) is 0.763. The number of para-hydroxylation sites is 1. The number of pyridine rings is 2. The number of carbonyl (C=O) groups excluding carboxylic acids is 1. The fourth-order valence-electron chi connectivity index (χ4n) is 2.18. The van der Waals surface area contributed by atoms with E-state index in [1.807, 2.05) is 13.0 Å². The first-order chi connectivity index (χ1) is 10.6. The van der Waals surface area contributed by atoms with Crippen LogP contribution in [0.15, 0.2) is 47.5 Å². The zero-order chi connectivity index (χ0) is 15.7. The number of benzene rings is 1. The summed E-state index contributed by atoms with van der Waals surface area (Å²) in [7, 11) is 0. The maximum atomic E-state index is 12.4. The van der Waals surface area contributed by atoms with Gasteiger partial charge in [0.1, 0.15) is 11.4 Å². The van der Waals surface area contributed by atoms with Crippen molar-refractivity contribution in [2.24, 2.45) is 0 Å². The molecule has 1 aromatic carbocycles. The number of H-pyrrole nitrogens is 1. The van der Waals surface area contributed by atoms with Crippen LogP contribution in [0, 0.1) is 6.92 Å². The molecule has 1 amide bonds. The highest BCUT2D eigenvalue weighted by Gasteiger charge is 2.15. The number of anilines is 1. The lowest BCUT2D eigenvalue weighted by atomic mass is 10.1. The van der Waals surface area contributed by atoms with Crippen molar-refractivity contribution in [3.63, 3.8) is 0 Å². The Kier molecular flexibility index (Phi) is 3.65. The van der Waals surface area contributed by atoms with E-state index < -0.39 is 5.91 Å². The summed E-state index contributed by atoms with van der Waals surface area (Å²) < 4.78 is 0. The molecule has 110 valence electrons. The fourth-order valence-corrected chi connectivity index (χ4v) is 2.40. The number of fused-ring (bicyclic) bond motifs is 1. The third kappa shape index (κ3) is 2.46. The van der Waals surface area contributed by atoms with E-state index in [9.17, 15) is 9.59 Å². The van der Waals surface area contributed by atoms with Gasteiger partial charge in [-0.1, -0.05) is 23.7 Å². The second-order valence-electron chi connectivity index (χ2n) is 4.82. The molecular formula is C16H12ClN3O2. The number of aromatic nitrogens is 2. The van der Waals surface area contributed by atoms with Crippen molar-refractivity contribution in [3.05, 3.63) is 69.1 Å². The maximum Gasteiger partial charge on any atom is 0.262 e. The number of aromatic amines is 1. The summed E-state index contributed by atoms with van der Waals surface area (Å²) in [4.78, 5) is 31.7. The van der Waals surface area contributed by atoms with Crippen molar-refractivity contribution in [2.75, 3.05) is 5.32 Å². The van der Waals surface area contributed by atoms with Gasteiger partial charge in [-0.25, -0.2) is 4.98 Å². The maximum absolute atomic E-state index is 12.4. The molecule has 2 N–H and O–H groups in total. The van der Waals surface area contributed by atoms with Crippen LogP contribution in [0.1, 0.15) is 15.9 Å². The van der Waals surface area contributed by atoms with Crippen LogP contribution >= 0.6 is 11.6 Å². The molecule has 0 aliphatic rings. The SMILES string of the molecule is Cc1cccnc1NC(=O)c1c[nH]c2c(Cl)cccc2c1=O. The summed E-state index contributed by atoms with van der Waals surface area (Å²) in [6.07, 6.45) is 2.94. The van der Waals surface area contributed by atoms with E-state index in [1.54, 1.807) is 30.5 Å². The Labute approximate surface area is 131 Å². The lowest BCUT2D eigenvalue weighted by molar-refractivity contribution is 0.102. The highest BCUT2D eigenvalue weighted by Crippen LogP contribution is 2.19. The van der Waals surface area contributed by atoms with Crippen molar-refractivity contribution in [1.29, 1.82) is 0 Å². The summed E-state index contributed by atoms with van der Waals surface area (Å²) in [5.74, 6) is -0.0805. The third-order valence-corrected chi connectivity index (χ3v) is 3.66. The number of hydrogen-bond donors (Lipinski definition) is 2. The molecule has 3 aromatic rings. The lowest BCUT2D eigenvalue weighted by Crippen LogP contribution is -2.22. The normalized spacial score (nSPS) is 10.6. The Hall–Kier alpha value is -2.66. The number of aryl methyl sites for hydroxylation is 1. The van der Waals surface area contributed by atoms with Crippen LogP contribution in [0.3, 0.4) is 0 Å². The number of amides is 1. The first-order valence-corrected chi connectivity index (χ1v) is 6.98. The smallest absolute Gasteiger partial charge is 0.262 e. The van der Waals surface area contributed by atoms with E-state index in [0.29, 0.717) is 21.7 Å². The van der Waals surface area contributed by atoms with Gasteiger partial charge in [0, 0.05) is 17.8 Å². The molecule has 0 atom stereocenters. The molecule has 2 heterocycles. The molecule has 0 unspecified atom stereocenters. The molecule has 6 heteroatoms. The summed E-state index contributed by atoms with van der Waals surface area (Å²) in [5.41, 5.74) is 0.970. The molecule has 0 spiro atoms. The van der Waals surface area contributed by atoms with Gasteiger partial charge in [-0.2, -0.15) is 0 Å². The molecule has 0 fully saturated rings. The fraction of sp³-hybridized carbons (Fsp3) is 0.0625. The van der Waals surface area contributed by atoms with Crippen LogP contribution in [0.5, 0.6) is 0 Å². The minimum atomic E-state index is -0.509. The van der Waals surface area contributed by atoms with Gasteiger partial charge < -0.3 is 10.3 Å². The molecule has 3 rings (SSSR count). The molecule has 0 saturated heterocycles. The Morgan fingerprint density at radius 3 is 2.86 bits per heavy atom. The lowest BCUT2D eigenvalue weighted by Gasteiger charge is -2.07. The standard InChI is InChI=1S/C16H12ClN3O2/c1-9-4-3-7-18-15(9)20-16(22)11-8-19-13-10(14(11)21)5-2-6-12(13)17/h2-8H,1H3,(H,19,21)(H,18,20,22). The van der Waals surface area contributed by atoms with E-state index in [2.05, 4.69) is 15.3 Å². The van der Waals surface area contributed by atoms with E-state index in [-0.39, 0.29) is 11.0 Å². The average molecular weight is 314 g/mol. The topological polar surface area (TPSA) is 74.8 Å². The number of carbonyl (C=O) groups is 1. The minimum absolute atomic E-state index is 0.0137. The molecule has 2 aromatic heterocycles. The van der Waals surface area contributed by atoms with Crippen LogP contribution in [-0.2, 0) is 0 Å². The average Bonchev–Trinajstić information content (AvgIpc) is 2.51. The Morgan fingerprint density at radius 2 is 2.09 bits per heavy atom. The Bertz CT molecular complexity index is 934. The first-order valence-electron chi connectivity index (χ1n) is 6.61. The zero-order valence-electron chi connectivity index (χ0n) is 11.7. The second kappa shape index (κ2) is 5.61. The third-order valence-electron chi connectivity index (χ3n) is 3.35. The molecule has 0 bridgehead atoms. The van der Waals surface area contributed by atoms with Gasteiger partial charge in [0.15, 0.2) is 0 Å². The van der Waals surface area contributed by atoms with E-state index >= 15 is 0 Å². The van der Waals surface area contributed by atoms with Crippen LogP contribution in [0.4, 0.5) is 5.82 Å². The van der Waals surface area contributed by atoms with Gasteiger partial charge in [0.2, 0.25) is 5.43 Å². The Balaban J connectivity index is 2.04. The summed E-state index contributed by atoms with van der Waals surface area (Å²) >= 11 is 6.03. The Morgan fingerprint density at radius 1 is 1.27 bits per heavy atom. The number of rotatable bonds is 2.